The van der Waals surface area contributed by atoms with Crippen molar-refractivity contribution in [1.29, 1.82) is 0 Å². The monoisotopic (exact) mass is 314 g/mol. The third-order valence-corrected chi connectivity index (χ3v) is 3.02. The number of alkyl halides is 2. The average molecular weight is 314 g/mol. The second kappa shape index (κ2) is 4.94. The van der Waals surface area contributed by atoms with E-state index in [1.807, 2.05) is 0 Å². The molecular formula is C8H9F2IN2O. The largest absolute Gasteiger partial charge is 0.392 e. The molecule has 3 nitrogen and oxygen atoms in total. The molecule has 0 radical (unpaired) electrons. The van der Waals surface area contributed by atoms with E-state index in [0.717, 1.165) is 0 Å². The molecule has 1 aromatic heterocycles. The number of hydrogen-bond acceptors (Lipinski definition) is 3. The van der Waals surface area contributed by atoms with E-state index in [1.165, 1.54) is 6.20 Å². The van der Waals surface area contributed by atoms with Crippen LogP contribution in [0.1, 0.15) is 23.2 Å². The zero-order chi connectivity index (χ0) is 10.7. The molecule has 0 spiro atoms. The number of aliphatic hydroxyl groups excluding tert-OH is 1. The SMILES string of the molecule is NCc1c(CO)cnc(C(F)F)c1I. The van der Waals surface area contributed by atoms with Gasteiger partial charge in [-0.2, -0.15) is 0 Å². The van der Waals surface area contributed by atoms with Crippen LogP contribution in [0.15, 0.2) is 6.20 Å². The molecule has 0 aliphatic heterocycles. The summed E-state index contributed by atoms with van der Waals surface area (Å²) in [4.78, 5) is 3.58. The number of halogens is 3. The highest BCUT2D eigenvalue weighted by atomic mass is 127. The third kappa shape index (κ3) is 2.18. The minimum atomic E-state index is -2.61. The van der Waals surface area contributed by atoms with Crippen LogP contribution in [0.3, 0.4) is 0 Å². The summed E-state index contributed by atoms with van der Waals surface area (Å²) in [7, 11) is 0. The van der Waals surface area contributed by atoms with Crippen molar-refractivity contribution in [1.82, 2.24) is 4.98 Å². The molecular weight excluding hydrogens is 305 g/mol. The molecule has 0 aliphatic carbocycles. The lowest BCUT2D eigenvalue weighted by Crippen LogP contribution is -2.09. The maximum Gasteiger partial charge on any atom is 0.281 e. The van der Waals surface area contributed by atoms with Gasteiger partial charge in [0.15, 0.2) is 0 Å². The number of pyridine rings is 1. The molecule has 0 amide bonds. The summed E-state index contributed by atoms with van der Waals surface area (Å²) in [6.45, 7) is -0.116. The standard InChI is InChI=1S/C8H9F2IN2O/c9-8(10)7-6(11)5(1-12)4(3-14)2-13-7/h2,8,14H,1,3,12H2. The van der Waals surface area contributed by atoms with E-state index < -0.39 is 6.43 Å². The van der Waals surface area contributed by atoms with Crippen LogP contribution in [-0.2, 0) is 13.2 Å². The lowest BCUT2D eigenvalue weighted by Gasteiger charge is -2.10. The molecule has 14 heavy (non-hydrogen) atoms. The number of rotatable bonds is 3. The van der Waals surface area contributed by atoms with Gasteiger partial charge < -0.3 is 10.8 Å². The summed E-state index contributed by atoms with van der Waals surface area (Å²) in [6.07, 6.45) is -1.37. The highest BCUT2D eigenvalue weighted by Gasteiger charge is 2.17. The minimum absolute atomic E-state index is 0.121. The number of hydrogen-bond donors (Lipinski definition) is 2. The van der Waals surface area contributed by atoms with E-state index in [0.29, 0.717) is 14.7 Å². The van der Waals surface area contributed by atoms with Crippen molar-refractivity contribution in [3.8, 4) is 0 Å². The fourth-order valence-electron chi connectivity index (χ4n) is 1.09. The first kappa shape index (κ1) is 11.7. The van der Waals surface area contributed by atoms with E-state index in [2.05, 4.69) is 4.98 Å². The van der Waals surface area contributed by atoms with Crippen molar-refractivity contribution in [2.75, 3.05) is 0 Å². The van der Waals surface area contributed by atoms with Crippen molar-refractivity contribution in [3.63, 3.8) is 0 Å². The summed E-state index contributed by atoms with van der Waals surface area (Å²) >= 11 is 1.77. The van der Waals surface area contributed by atoms with Gasteiger partial charge in [-0.15, -0.1) is 0 Å². The Hall–Kier alpha value is -0.340. The number of aromatic nitrogens is 1. The molecule has 0 unspecified atom stereocenters. The first-order valence-electron chi connectivity index (χ1n) is 3.87. The van der Waals surface area contributed by atoms with Crippen molar-refractivity contribution < 1.29 is 13.9 Å². The van der Waals surface area contributed by atoms with Gasteiger partial charge in [-0.1, -0.05) is 0 Å². The minimum Gasteiger partial charge on any atom is -0.392 e. The molecule has 1 heterocycles. The highest BCUT2D eigenvalue weighted by molar-refractivity contribution is 14.1. The van der Waals surface area contributed by atoms with Crippen molar-refractivity contribution >= 4 is 22.6 Å². The predicted octanol–water partition coefficient (Wildman–Crippen LogP) is 1.57. The van der Waals surface area contributed by atoms with Crippen LogP contribution in [-0.4, -0.2) is 10.1 Å². The molecule has 0 fully saturated rings. The molecule has 1 aromatic rings. The molecule has 0 aliphatic rings. The topological polar surface area (TPSA) is 59.1 Å². The zero-order valence-electron chi connectivity index (χ0n) is 7.17. The predicted molar refractivity (Wildman–Crippen MR) is 55.7 cm³/mol. The van der Waals surface area contributed by atoms with Crippen LogP contribution in [0.25, 0.3) is 0 Å². The van der Waals surface area contributed by atoms with Gasteiger partial charge in [-0.25, -0.2) is 8.78 Å². The zero-order valence-corrected chi connectivity index (χ0v) is 9.33. The van der Waals surface area contributed by atoms with Crippen LogP contribution in [0, 0.1) is 3.57 Å². The second-order valence-corrected chi connectivity index (χ2v) is 3.70. The van der Waals surface area contributed by atoms with Crippen LogP contribution >= 0.6 is 22.6 Å². The van der Waals surface area contributed by atoms with Crippen LogP contribution in [0.4, 0.5) is 8.78 Å². The van der Waals surface area contributed by atoms with Crippen LogP contribution in [0.5, 0.6) is 0 Å². The van der Waals surface area contributed by atoms with Gasteiger partial charge in [0.2, 0.25) is 0 Å². The molecule has 0 aromatic carbocycles. The first-order valence-corrected chi connectivity index (χ1v) is 4.94. The molecule has 0 saturated carbocycles. The number of nitrogens with zero attached hydrogens (tertiary/aromatic N) is 1. The lowest BCUT2D eigenvalue weighted by molar-refractivity contribution is 0.144. The van der Waals surface area contributed by atoms with Gasteiger partial charge in [-0.05, 0) is 28.2 Å². The van der Waals surface area contributed by atoms with E-state index in [-0.39, 0.29) is 18.8 Å². The van der Waals surface area contributed by atoms with E-state index in [4.69, 9.17) is 10.8 Å². The fraction of sp³-hybridized carbons (Fsp3) is 0.375. The van der Waals surface area contributed by atoms with Gasteiger partial charge in [0.25, 0.3) is 6.43 Å². The Labute approximate surface area is 93.5 Å². The van der Waals surface area contributed by atoms with Crippen LogP contribution in [0.2, 0.25) is 0 Å². The maximum absolute atomic E-state index is 12.4. The fourth-order valence-corrected chi connectivity index (χ4v) is 2.03. The Morgan fingerprint density at radius 3 is 2.64 bits per heavy atom. The van der Waals surface area contributed by atoms with Crippen LogP contribution < -0.4 is 5.73 Å². The molecule has 3 N–H and O–H groups in total. The molecule has 6 heteroatoms. The summed E-state index contributed by atoms with van der Waals surface area (Å²) in [5.74, 6) is 0. The Morgan fingerprint density at radius 1 is 1.57 bits per heavy atom. The Morgan fingerprint density at radius 2 is 2.21 bits per heavy atom. The number of aliphatic hydroxyl groups is 1. The number of nitrogens with two attached hydrogens (primary N) is 1. The lowest BCUT2D eigenvalue weighted by atomic mass is 10.1. The first-order chi connectivity index (χ1) is 6.61. The summed E-state index contributed by atoms with van der Waals surface area (Å²) in [5.41, 5.74) is 6.17. The molecule has 78 valence electrons. The quantitative estimate of drug-likeness (QED) is 0.833. The van der Waals surface area contributed by atoms with Gasteiger partial charge in [-0.3, -0.25) is 4.98 Å². The average Bonchev–Trinajstić information content (AvgIpc) is 2.16. The van der Waals surface area contributed by atoms with E-state index >= 15 is 0 Å². The van der Waals surface area contributed by atoms with Crippen molar-refractivity contribution in [3.05, 3.63) is 26.6 Å². The van der Waals surface area contributed by atoms with E-state index in [9.17, 15) is 8.78 Å². The summed E-state index contributed by atoms with van der Waals surface area (Å²) < 4.78 is 25.2. The molecule has 0 bridgehead atoms. The molecule has 0 saturated heterocycles. The van der Waals surface area contributed by atoms with Crippen molar-refractivity contribution in [2.24, 2.45) is 5.73 Å². The van der Waals surface area contributed by atoms with Gasteiger partial charge in [0.1, 0.15) is 5.69 Å². The highest BCUT2D eigenvalue weighted by Crippen LogP contribution is 2.26. The second-order valence-electron chi connectivity index (χ2n) is 2.62. The third-order valence-electron chi connectivity index (χ3n) is 1.82. The van der Waals surface area contributed by atoms with Crippen molar-refractivity contribution in [2.45, 2.75) is 19.6 Å². The Kier molecular flexibility index (Phi) is 4.14. The van der Waals surface area contributed by atoms with Gasteiger partial charge >= 0.3 is 0 Å². The van der Waals surface area contributed by atoms with Gasteiger partial charge in [0.05, 0.1) is 6.61 Å². The maximum atomic E-state index is 12.4. The normalized spacial score (nSPS) is 11.0. The Balaban J connectivity index is 3.27. The Bertz CT molecular complexity index is 333. The van der Waals surface area contributed by atoms with Gasteiger partial charge in [0, 0.05) is 21.9 Å². The molecule has 1 rings (SSSR count). The van der Waals surface area contributed by atoms with E-state index in [1.54, 1.807) is 22.6 Å². The summed E-state index contributed by atoms with van der Waals surface area (Å²) in [5, 5.41) is 8.92. The smallest absolute Gasteiger partial charge is 0.281 e. The summed E-state index contributed by atoms with van der Waals surface area (Å²) in [6, 6.07) is 0. The molecule has 0 atom stereocenters.